The number of pyridine rings is 2. The SMILES string of the molecule is Cc1cccc2c1n(-c1cncc(Oc3ccc4c5ccccc5n(-c5cc(C(C)(C)C)ccn5)c4c3)c1)[c-][n+]2-c1cc(C(C)(C)C)cc(C(C)(C)C)c1. The molecule has 0 unspecified atom stereocenters. The molecule has 54 heavy (non-hydrogen) atoms. The van der Waals surface area contributed by atoms with Gasteiger partial charge in [0.2, 0.25) is 0 Å². The number of rotatable bonds is 5. The summed E-state index contributed by atoms with van der Waals surface area (Å²) in [7, 11) is 0. The number of aromatic nitrogens is 5. The molecule has 8 rings (SSSR count). The van der Waals surface area contributed by atoms with Gasteiger partial charge in [0, 0.05) is 29.2 Å². The van der Waals surface area contributed by atoms with Crippen LogP contribution in [0, 0.1) is 13.3 Å². The highest BCUT2D eigenvalue weighted by molar-refractivity contribution is 6.09. The second-order valence-corrected chi connectivity index (χ2v) is 17.6. The molecule has 4 aromatic heterocycles. The van der Waals surface area contributed by atoms with Crippen LogP contribution in [0.2, 0.25) is 0 Å². The maximum Gasteiger partial charge on any atom is 0.269 e. The van der Waals surface area contributed by atoms with E-state index in [0.29, 0.717) is 5.75 Å². The molecule has 4 aromatic carbocycles. The predicted molar refractivity (Wildman–Crippen MR) is 221 cm³/mol. The first-order chi connectivity index (χ1) is 25.6. The van der Waals surface area contributed by atoms with Gasteiger partial charge in [0.25, 0.3) is 6.33 Å². The molecule has 6 nitrogen and oxygen atoms in total. The largest absolute Gasteiger partial charge is 0.456 e. The highest BCUT2D eigenvalue weighted by Gasteiger charge is 2.23. The minimum atomic E-state index is -0.00913. The van der Waals surface area contributed by atoms with Gasteiger partial charge in [0.1, 0.15) is 17.3 Å². The molecule has 0 bridgehead atoms. The monoisotopic (exact) mass is 711 g/mol. The van der Waals surface area contributed by atoms with Gasteiger partial charge in [-0.05, 0) is 94.0 Å². The zero-order chi connectivity index (χ0) is 38.2. The molecule has 0 aliphatic heterocycles. The number of nitrogens with zero attached hydrogens (tertiary/aromatic N) is 5. The van der Waals surface area contributed by atoms with Gasteiger partial charge in [-0.2, -0.15) is 0 Å². The van der Waals surface area contributed by atoms with Crippen molar-refractivity contribution < 1.29 is 9.30 Å². The summed E-state index contributed by atoms with van der Waals surface area (Å²) >= 11 is 0. The Morgan fingerprint density at radius 3 is 2.06 bits per heavy atom. The summed E-state index contributed by atoms with van der Waals surface area (Å²) in [5, 5.41) is 2.32. The molecule has 6 heteroatoms. The second-order valence-electron chi connectivity index (χ2n) is 17.6. The molecule has 272 valence electrons. The number of ether oxygens (including phenoxy) is 1. The first-order valence-electron chi connectivity index (χ1n) is 18.8. The number of benzene rings is 4. The summed E-state index contributed by atoms with van der Waals surface area (Å²) in [6, 6.07) is 34.5. The number of aryl methyl sites for hydroxylation is 1. The Kier molecular flexibility index (Phi) is 8.29. The van der Waals surface area contributed by atoms with Crippen molar-refractivity contribution in [2.75, 3.05) is 0 Å². The number of imidazole rings is 1. The highest BCUT2D eigenvalue weighted by atomic mass is 16.5. The van der Waals surface area contributed by atoms with Gasteiger partial charge < -0.3 is 4.74 Å². The lowest BCUT2D eigenvalue weighted by atomic mass is 9.80. The molecule has 0 fully saturated rings. The molecule has 0 spiro atoms. The van der Waals surface area contributed by atoms with Crippen molar-refractivity contribution in [2.45, 2.75) is 85.5 Å². The molecule has 0 radical (unpaired) electrons. The molecular formula is C48H49N5O. The molecule has 4 heterocycles. The first kappa shape index (κ1) is 35.3. The summed E-state index contributed by atoms with van der Waals surface area (Å²) in [4.78, 5) is 9.52. The van der Waals surface area contributed by atoms with E-state index in [1.54, 1.807) is 6.20 Å². The standard InChI is InChI=1S/C48H49N5O/c1-31-14-13-17-42-45(31)52(30-51(42)35-23-33(47(5,6)7)22-34(24-35)48(8,9)10)36-26-38(29-49-28-36)54-37-18-19-40-39-15-11-12-16-41(39)53(43(40)27-37)44-25-32(20-21-50-44)46(2,3)4/h11-29H,1-10H3. The first-order valence-corrected chi connectivity index (χ1v) is 18.8. The molecule has 0 saturated carbocycles. The molecular weight excluding hydrogens is 663 g/mol. The van der Waals surface area contributed by atoms with Crippen LogP contribution in [0.1, 0.15) is 84.6 Å². The van der Waals surface area contributed by atoms with E-state index in [4.69, 9.17) is 9.72 Å². The number of para-hydroxylation sites is 2. The third kappa shape index (κ3) is 6.34. The Labute approximate surface area is 318 Å². The van der Waals surface area contributed by atoms with E-state index >= 15 is 0 Å². The summed E-state index contributed by atoms with van der Waals surface area (Å²) in [5.74, 6) is 2.25. The molecule has 8 aromatic rings. The molecule has 0 atom stereocenters. The smallest absolute Gasteiger partial charge is 0.269 e. The fourth-order valence-electron chi connectivity index (χ4n) is 7.30. The van der Waals surface area contributed by atoms with Crippen molar-refractivity contribution in [3.63, 3.8) is 0 Å². The predicted octanol–water partition coefficient (Wildman–Crippen LogP) is 11.6. The van der Waals surface area contributed by atoms with Crippen LogP contribution in [0.15, 0.2) is 116 Å². The zero-order valence-corrected chi connectivity index (χ0v) is 33.1. The van der Waals surface area contributed by atoms with E-state index in [1.807, 2.05) is 24.5 Å². The second kappa shape index (κ2) is 12.7. The average Bonchev–Trinajstić information content (AvgIpc) is 3.68. The number of fused-ring (bicyclic) bond motifs is 4. The normalized spacial score (nSPS) is 12.6. The summed E-state index contributed by atoms with van der Waals surface area (Å²) < 4.78 is 13.2. The number of hydrogen-bond donors (Lipinski definition) is 0. The third-order valence-corrected chi connectivity index (χ3v) is 10.5. The van der Waals surface area contributed by atoms with E-state index in [2.05, 4.69) is 179 Å². The third-order valence-electron chi connectivity index (χ3n) is 10.5. The van der Waals surface area contributed by atoms with E-state index < -0.39 is 0 Å². The maximum absolute atomic E-state index is 6.62. The van der Waals surface area contributed by atoms with Crippen LogP contribution in [0.3, 0.4) is 0 Å². The van der Waals surface area contributed by atoms with Crippen LogP contribution in [0.5, 0.6) is 11.5 Å². The Hall–Kier alpha value is -5.75. The quantitative estimate of drug-likeness (QED) is 0.132. The van der Waals surface area contributed by atoms with Gasteiger partial charge in [-0.1, -0.05) is 105 Å². The lowest BCUT2D eigenvalue weighted by molar-refractivity contribution is -0.572. The van der Waals surface area contributed by atoms with E-state index in [1.165, 1.54) is 22.1 Å². The maximum atomic E-state index is 6.62. The van der Waals surface area contributed by atoms with E-state index in [-0.39, 0.29) is 16.2 Å². The lowest BCUT2D eigenvalue weighted by Gasteiger charge is -2.26. The summed E-state index contributed by atoms with van der Waals surface area (Å²) in [5.41, 5.74) is 11.2. The Morgan fingerprint density at radius 2 is 1.33 bits per heavy atom. The van der Waals surface area contributed by atoms with Crippen LogP contribution in [-0.4, -0.2) is 19.1 Å². The minimum Gasteiger partial charge on any atom is -0.456 e. The van der Waals surface area contributed by atoms with Gasteiger partial charge in [-0.25, -0.2) is 4.98 Å². The van der Waals surface area contributed by atoms with E-state index in [0.717, 1.165) is 56.0 Å². The Balaban J connectivity index is 1.23. The van der Waals surface area contributed by atoms with Gasteiger partial charge in [-0.3, -0.25) is 18.7 Å². The van der Waals surface area contributed by atoms with Crippen molar-refractivity contribution in [1.82, 2.24) is 19.1 Å². The van der Waals surface area contributed by atoms with Gasteiger partial charge >= 0.3 is 0 Å². The average molecular weight is 712 g/mol. The lowest BCUT2D eigenvalue weighted by Crippen LogP contribution is -2.31. The van der Waals surface area contributed by atoms with Crippen LogP contribution in [0.25, 0.3) is 50.0 Å². The van der Waals surface area contributed by atoms with Gasteiger partial charge in [-0.15, -0.1) is 0 Å². The van der Waals surface area contributed by atoms with Crippen molar-refractivity contribution in [3.05, 3.63) is 144 Å². The fraction of sp³-hybridized carbons (Fsp3) is 0.271. The molecule has 0 aliphatic rings. The van der Waals surface area contributed by atoms with Crippen molar-refractivity contribution >= 4 is 32.8 Å². The summed E-state index contributed by atoms with van der Waals surface area (Å²) in [6.07, 6.45) is 9.27. The van der Waals surface area contributed by atoms with Crippen molar-refractivity contribution in [2.24, 2.45) is 0 Å². The fourth-order valence-corrected chi connectivity index (χ4v) is 7.30. The molecule has 0 aliphatic carbocycles. The topological polar surface area (TPSA) is 48.8 Å². The van der Waals surface area contributed by atoms with Gasteiger partial charge in [0.15, 0.2) is 0 Å². The molecule has 0 N–H and O–H groups in total. The van der Waals surface area contributed by atoms with Crippen LogP contribution >= 0.6 is 0 Å². The summed E-state index contributed by atoms with van der Waals surface area (Å²) in [6.45, 7) is 22.5. The van der Waals surface area contributed by atoms with Crippen molar-refractivity contribution in [3.8, 4) is 28.7 Å². The Morgan fingerprint density at radius 1 is 0.630 bits per heavy atom. The molecule has 0 amide bonds. The Bertz CT molecular complexity index is 2680. The van der Waals surface area contributed by atoms with Crippen LogP contribution in [0.4, 0.5) is 0 Å². The minimum absolute atomic E-state index is 0.00511. The zero-order valence-electron chi connectivity index (χ0n) is 33.1. The van der Waals surface area contributed by atoms with Crippen LogP contribution < -0.4 is 9.30 Å². The highest BCUT2D eigenvalue weighted by Crippen LogP contribution is 2.37. The number of hydrogen-bond acceptors (Lipinski definition) is 3. The van der Waals surface area contributed by atoms with E-state index in [9.17, 15) is 0 Å². The van der Waals surface area contributed by atoms with Crippen molar-refractivity contribution in [1.29, 1.82) is 0 Å². The van der Waals surface area contributed by atoms with Gasteiger partial charge in [0.05, 0.1) is 39.6 Å². The van der Waals surface area contributed by atoms with Crippen LogP contribution in [-0.2, 0) is 16.2 Å². The molecule has 0 saturated heterocycles.